The maximum atomic E-state index is 12.0. The van der Waals surface area contributed by atoms with Crippen molar-refractivity contribution in [3.63, 3.8) is 0 Å². The van der Waals surface area contributed by atoms with E-state index in [0.717, 1.165) is 5.56 Å². The Morgan fingerprint density at radius 3 is 2.50 bits per heavy atom. The van der Waals surface area contributed by atoms with Gasteiger partial charge in [0.05, 0.1) is 12.0 Å². The number of benzene rings is 1. The lowest BCUT2D eigenvalue weighted by atomic mass is 10.0. The van der Waals surface area contributed by atoms with E-state index in [9.17, 15) is 9.59 Å². The molecule has 0 bridgehead atoms. The number of nitrogens with zero attached hydrogens (tertiary/aromatic N) is 1. The van der Waals surface area contributed by atoms with Crippen molar-refractivity contribution in [3.8, 4) is 0 Å². The van der Waals surface area contributed by atoms with Gasteiger partial charge in [0.1, 0.15) is 0 Å². The molecule has 2 rings (SSSR count). The molecular weight excluding hydrogens is 230 g/mol. The third kappa shape index (κ3) is 2.10. The molecule has 1 aromatic carbocycles. The highest BCUT2D eigenvalue weighted by molar-refractivity contribution is 5.87. The molecule has 3 atom stereocenters. The van der Waals surface area contributed by atoms with Crippen LogP contribution in [0.3, 0.4) is 0 Å². The van der Waals surface area contributed by atoms with Gasteiger partial charge in [0, 0.05) is 12.5 Å². The number of carboxylic acid groups (broad SMARTS) is 1. The molecule has 0 saturated carbocycles. The van der Waals surface area contributed by atoms with Gasteiger partial charge < -0.3 is 10.0 Å². The molecule has 96 valence electrons. The Hall–Kier alpha value is -1.84. The molecule has 1 aliphatic rings. The lowest BCUT2D eigenvalue weighted by molar-refractivity contribution is -0.142. The summed E-state index contributed by atoms with van der Waals surface area (Å²) in [6.45, 7) is 3.75. The molecule has 1 heterocycles. The minimum Gasteiger partial charge on any atom is -0.481 e. The van der Waals surface area contributed by atoms with E-state index in [1.165, 1.54) is 0 Å². The number of hydrogen-bond acceptors (Lipinski definition) is 2. The molecule has 1 amide bonds. The average molecular weight is 247 g/mol. The standard InChI is InChI=1S/C14H17NO3/c1-9(11-6-4-3-5-7-11)15-10(2)12(14(17)18)8-13(15)16/h3-7,9-10,12H,8H2,1-2H3,(H,17,18). The second-order valence-corrected chi connectivity index (χ2v) is 4.78. The summed E-state index contributed by atoms with van der Waals surface area (Å²) in [5, 5.41) is 9.09. The molecule has 1 aromatic rings. The lowest BCUT2D eigenvalue weighted by Crippen LogP contribution is -2.36. The number of rotatable bonds is 3. The van der Waals surface area contributed by atoms with Gasteiger partial charge in [-0.2, -0.15) is 0 Å². The summed E-state index contributed by atoms with van der Waals surface area (Å²) >= 11 is 0. The second-order valence-electron chi connectivity index (χ2n) is 4.78. The minimum atomic E-state index is -0.890. The third-order valence-electron chi connectivity index (χ3n) is 3.72. The smallest absolute Gasteiger partial charge is 0.309 e. The highest BCUT2D eigenvalue weighted by Gasteiger charge is 2.43. The van der Waals surface area contributed by atoms with Crippen molar-refractivity contribution in [2.45, 2.75) is 32.4 Å². The molecule has 1 fully saturated rings. The fourth-order valence-electron chi connectivity index (χ4n) is 2.64. The van der Waals surface area contributed by atoms with Crippen LogP contribution in [-0.4, -0.2) is 27.9 Å². The van der Waals surface area contributed by atoms with Crippen LogP contribution in [0.25, 0.3) is 0 Å². The number of likely N-dealkylation sites (tertiary alicyclic amines) is 1. The Morgan fingerprint density at radius 2 is 2.00 bits per heavy atom. The minimum absolute atomic E-state index is 0.0775. The van der Waals surface area contributed by atoms with Gasteiger partial charge >= 0.3 is 5.97 Å². The van der Waals surface area contributed by atoms with E-state index in [-0.39, 0.29) is 24.4 Å². The van der Waals surface area contributed by atoms with Crippen molar-refractivity contribution in [2.75, 3.05) is 0 Å². The largest absolute Gasteiger partial charge is 0.481 e. The first-order valence-electron chi connectivity index (χ1n) is 6.11. The Labute approximate surface area is 106 Å². The van der Waals surface area contributed by atoms with E-state index in [0.29, 0.717) is 0 Å². The van der Waals surface area contributed by atoms with Crippen molar-refractivity contribution in [2.24, 2.45) is 5.92 Å². The summed E-state index contributed by atoms with van der Waals surface area (Å²) in [7, 11) is 0. The van der Waals surface area contributed by atoms with Crippen LogP contribution in [0, 0.1) is 5.92 Å². The zero-order chi connectivity index (χ0) is 13.3. The van der Waals surface area contributed by atoms with E-state index in [2.05, 4.69) is 0 Å². The van der Waals surface area contributed by atoms with Crippen molar-refractivity contribution in [1.82, 2.24) is 4.90 Å². The molecule has 4 heteroatoms. The van der Waals surface area contributed by atoms with Gasteiger partial charge in [-0.25, -0.2) is 0 Å². The predicted molar refractivity (Wildman–Crippen MR) is 66.9 cm³/mol. The van der Waals surface area contributed by atoms with Gasteiger partial charge in [0.15, 0.2) is 0 Å². The summed E-state index contributed by atoms with van der Waals surface area (Å²) in [6.07, 6.45) is 0.105. The van der Waals surface area contributed by atoms with Crippen LogP contribution in [0.2, 0.25) is 0 Å². The van der Waals surface area contributed by atoms with Gasteiger partial charge in [0.25, 0.3) is 0 Å². The zero-order valence-corrected chi connectivity index (χ0v) is 10.5. The van der Waals surface area contributed by atoms with E-state index in [1.807, 2.05) is 44.2 Å². The number of carbonyl (C=O) groups excluding carboxylic acids is 1. The van der Waals surface area contributed by atoms with Gasteiger partial charge in [-0.1, -0.05) is 30.3 Å². The number of aliphatic carboxylic acids is 1. The van der Waals surface area contributed by atoms with E-state index < -0.39 is 11.9 Å². The van der Waals surface area contributed by atoms with Gasteiger partial charge in [-0.15, -0.1) is 0 Å². The number of carbonyl (C=O) groups is 2. The van der Waals surface area contributed by atoms with E-state index in [4.69, 9.17) is 5.11 Å². The molecule has 1 saturated heterocycles. The molecular formula is C14H17NO3. The Balaban J connectivity index is 2.23. The molecule has 4 nitrogen and oxygen atoms in total. The maximum absolute atomic E-state index is 12.0. The monoisotopic (exact) mass is 247 g/mol. The van der Waals surface area contributed by atoms with Gasteiger partial charge in [-0.3, -0.25) is 9.59 Å². The molecule has 0 aromatic heterocycles. The molecule has 3 unspecified atom stereocenters. The fraction of sp³-hybridized carbons (Fsp3) is 0.429. The quantitative estimate of drug-likeness (QED) is 0.889. The van der Waals surface area contributed by atoms with Crippen molar-refractivity contribution >= 4 is 11.9 Å². The molecule has 0 spiro atoms. The van der Waals surface area contributed by atoms with Crippen LogP contribution in [0.15, 0.2) is 30.3 Å². The van der Waals surface area contributed by atoms with Crippen LogP contribution in [0.1, 0.15) is 31.9 Å². The van der Waals surface area contributed by atoms with Crippen LogP contribution in [0.4, 0.5) is 0 Å². The van der Waals surface area contributed by atoms with Crippen molar-refractivity contribution in [3.05, 3.63) is 35.9 Å². The first kappa shape index (κ1) is 12.6. The van der Waals surface area contributed by atoms with Crippen LogP contribution in [-0.2, 0) is 9.59 Å². The predicted octanol–water partition coefficient (Wildman–Crippen LogP) is 2.07. The van der Waals surface area contributed by atoms with Crippen LogP contribution >= 0.6 is 0 Å². The summed E-state index contributed by atoms with van der Waals surface area (Å²) in [5.41, 5.74) is 1.03. The first-order valence-corrected chi connectivity index (χ1v) is 6.11. The summed E-state index contributed by atoms with van der Waals surface area (Å²) in [6, 6.07) is 9.34. The Kier molecular flexibility index (Phi) is 3.36. The number of amides is 1. The molecule has 0 radical (unpaired) electrons. The first-order chi connectivity index (χ1) is 8.52. The van der Waals surface area contributed by atoms with Gasteiger partial charge in [0.2, 0.25) is 5.91 Å². The van der Waals surface area contributed by atoms with Crippen molar-refractivity contribution < 1.29 is 14.7 Å². The van der Waals surface area contributed by atoms with E-state index >= 15 is 0 Å². The molecule has 18 heavy (non-hydrogen) atoms. The molecule has 0 aliphatic carbocycles. The highest BCUT2D eigenvalue weighted by atomic mass is 16.4. The average Bonchev–Trinajstić information content (AvgIpc) is 2.65. The molecule has 1 aliphatic heterocycles. The van der Waals surface area contributed by atoms with Crippen molar-refractivity contribution in [1.29, 1.82) is 0 Å². The Bertz CT molecular complexity index is 457. The third-order valence-corrected chi connectivity index (χ3v) is 3.72. The normalized spacial score (nSPS) is 25.2. The summed E-state index contributed by atoms with van der Waals surface area (Å²) in [4.78, 5) is 24.7. The SMILES string of the molecule is CC(c1ccccc1)N1C(=O)CC(C(=O)O)C1C. The zero-order valence-electron chi connectivity index (χ0n) is 10.5. The Morgan fingerprint density at radius 1 is 1.39 bits per heavy atom. The fourth-order valence-corrected chi connectivity index (χ4v) is 2.64. The van der Waals surface area contributed by atoms with Crippen LogP contribution in [0.5, 0.6) is 0 Å². The number of carboxylic acids is 1. The summed E-state index contributed by atoms with van der Waals surface area (Å²) in [5.74, 6) is -1.56. The topological polar surface area (TPSA) is 57.6 Å². The maximum Gasteiger partial charge on any atom is 0.309 e. The number of hydrogen-bond donors (Lipinski definition) is 1. The molecule has 1 N–H and O–H groups in total. The van der Waals surface area contributed by atoms with E-state index in [1.54, 1.807) is 4.90 Å². The summed E-state index contributed by atoms with van der Waals surface area (Å²) < 4.78 is 0. The lowest BCUT2D eigenvalue weighted by Gasteiger charge is -2.30. The second kappa shape index (κ2) is 4.80. The van der Waals surface area contributed by atoms with Gasteiger partial charge in [-0.05, 0) is 19.4 Å². The highest BCUT2D eigenvalue weighted by Crippen LogP contribution is 2.33. The van der Waals surface area contributed by atoms with Crippen LogP contribution < -0.4 is 0 Å².